The molecule has 2 fully saturated rings. The fourth-order valence-electron chi connectivity index (χ4n) is 4.09. The summed E-state index contributed by atoms with van der Waals surface area (Å²) in [6.45, 7) is 3.06. The molecule has 1 aromatic carbocycles. The van der Waals surface area contributed by atoms with Crippen molar-refractivity contribution < 1.29 is 23.8 Å². The normalized spacial score (nSPS) is 28.5. The minimum atomic E-state index is -0.391. The summed E-state index contributed by atoms with van der Waals surface area (Å²) >= 11 is 0. The standard InChI is InChI=1S/C18H24FNO4/c1-17(23-2)11-15(21)18(17)6-8-20(9-7-18)16(22)12-24-14-5-3-4-13(19)10-14/h3-5,10,15,21H,6-9,11-12H2,1-2H3/t15?,17-/m0/s1. The number of benzene rings is 1. The van der Waals surface area contributed by atoms with Crippen LogP contribution in [0.25, 0.3) is 0 Å². The van der Waals surface area contributed by atoms with Crippen LogP contribution in [0.4, 0.5) is 4.39 Å². The van der Waals surface area contributed by atoms with E-state index in [4.69, 9.17) is 9.47 Å². The zero-order valence-electron chi connectivity index (χ0n) is 14.1. The number of aliphatic hydroxyl groups is 1. The van der Waals surface area contributed by atoms with Crippen LogP contribution in [0.3, 0.4) is 0 Å². The molecule has 1 unspecified atom stereocenters. The van der Waals surface area contributed by atoms with Gasteiger partial charge < -0.3 is 19.5 Å². The summed E-state index contributed by atoms with van der Waals surface area (Å²) in [5.41, 5.74) is -0.582. The number of carbonyl (C=O) groups is 1. The van der Waals surface area contributed by atoms with E-state index in [1.807, 2.05) is 6.92 Å². The van der Waals surface area contributed by atoms with E-state index >= 15 is 0 Å². The van der Waals surface area contributed by atoms with E-state index in [9.17, 15) is 14.3 Å². The summed E-state index contributed by atoms with van der Waals surface area (Å²) in [5, 5.41) is 10.2. The summed E-state index contributed by atoms with van der Waals surface area (Å²) in [5.74, 6) is -0.169. The molecule has 24 heavy (non-hydrogen) atoms. The Labute approximate surface area is 141 Å². The number of ether oxygens (including phenoxy) is 2. The second-order valence-corrected chi connectivity index (χ2v) is 6.94. The van der Waals surface area contributed by atoms with Crippen LogP contribution in [0.2, 0.25) is 0 Å². The lowest BCUT2D eigenvalue weighted by Gasteiger charge is -2.62. The predicted octanol–water partition coefficient (Wildman–Crippen LogP) is 1.98. The zero-order chi connectivity index (χ0) is 17.4. The van der Waals surface area contributed by atoms with Crippen molar-refractivity contribution in [2.24, 2.45) is 5.41 Å². The van der Waals surface area contributed by atoms with Crippen LogP contribution in [-0.4, -0.2) is 54.4 Å². The second kappa shape index (κ2) is 6.33. The Hall–Kier alpha value is -1.66. The summed E-state index contributed by atoms with van der Waals surface area (Å²) < 4.78 is 24.1. The Balaban J connectivity index is 1.54. The summed E-state index contributed by atoms with van der Waals surface area (Å²) in [7, 11) is 1.68. The number of hydrogen-bond donors (Lipinski definition) is 1. The van der Waals surface area contributed by atoms with E-state index in [0.29, 0.717) is 38.1 Å². The van der Waals surface area contributed by atoms with Crippen molar-refractivity contribution in [3.8, 4) is 5.75 Å². The third-order valence-electron chi connectivity index (χ3n) is 5.89. The van der Waals surface area contributed by atoms with Gasteiger partial charge in [-0.2, -0.15) is 0 Å². The molecule has 2 aliphatic rings. The number of hydrogen-bond acceptors (Lipinski definition) is 4. The third kappa shape index (κ3) is 2.78. The summed E-state index contributed by atoms with van der Waals surface area (Å²) in [6.07, 6.45) is 1.69. The van der Waals surface area contributed by atoms with Crippen molar-refractivity contribution in [3.63, 3.8) is 0 Å². The first-order chi connectivity index (χ1) is 11.4. The van der Waals surface area contributed by atoms with Crippen molar-refractivity contribution in [2.75, 3.05) is 26.8 Å². The lowest BCUT2D eigenvalue weighted by Crippen LogP contribution is -2.69. The maximum absolute atomic E-state index is 13.1. The first-order valence-corrected chi connectivity index (χ1v) is 8.30. The van der Waals surface area contributed by atoms with Crippen LogP contribution in [0.15, 0.2) is 24.3 Å². The van der Waals surface area contributed by atoms with Gasteiger partial charge in [-0.05, 0) is 31.9 Å². The van der Waals surface area contributed by atoms with Crippen LogP contribution < -0.4 is 4.74 Å². The molecule has 3 rings (SSSR count). The molecular formula is C18H24FNO4. The van der Waals surface area contributed by atoms with Gasteiger partial charge in [0.05, 0.1) is 11.7 Å². The van der Waals surface area contributed by atoms with Crippen LogP contribution in [0.1, 0.15) is 26.2 Å². The van der Waals surface area contributed by atoms with E-state index < -0.39 is 5.82 Å². The van der Waals surface area contributed by atoms with E-state index in [0.717, 1.165) is 0 Å². The molecule has 1 N–H and O–H groups in total. The van der Waals surface area contributed by atoms with E-state index in [-0.39, 0.29) is 29.6 Å². The second-order valence-electron chi connectivity index (χ2n) is 6.94. The maximum Gasteiger partial charge on any atom is 0.260 e. The Bertz CT molecular complexity index is 615. The highest BCUT2D eigenvalue weighted by atomic mass is 19.1. The topological polar surface area (TPSA) is 59.0 Å². The zero-order valence-corrected chi connectivity index (χ0v) is 14.1. The maximum atomic E-state index is 13.1. The monoisotopic (exact) mass is 337 g/mol. The molecule has 1 heterocycles. The number of methoxy groups -OCH3 is 1. The highest BCUT2D eigenvalue weighted by Crippen LogP contribution is 2.57. The quantitative estimate of drug-likeness (QED) is 0.913. The molecule has 1 aliphatic carbocycles. The van der Waals surface area contributed by atoms with Crippen LogP contribution in [0.5, 0.6) is 5.75 Å². The highest BCUT2D eigenvalue weighted by Gasteiger charge is 2.63. The van der Waals surface area contributed by atoms with Gasteiger partial charge in [0, 0.05) is 38.1 Å². The molecule has 1 spiro atoms. The van der Waals surface area contributed by atoms with Crippen LogP contribution >= 0.6 is 0 Å². The molecule has 132 valence electrons. The van der Waals surface area contributed by atoms with Crippen LogP contribution in [-0.2, 0) is 9.53 Å². The predicted molar refractivity (Wildman–Crippen MR) is 86.2 cm³/mol. The lowest BCUT2D eigenvalue weighted by atomic mass is 9.51. The van der Waals surface area contributed by atoms with Crippen molar-refractivity contribution >= 4 is 5.91 Å². The largest absolute Gasteiger partial charge is 0.484 e. The molecule has 0 radical (unpaired) electrons. The van der Waals surface area contributed by atoms with Gasteiger partial charge >= 0.3 is 0 Å². The Morgan fingerprint density at radius 3 is 2.71 bits per heavy atom. The van der Waals surface area contributed by atoms with Gasteiger partial charge in [0.1, 0.15) is 11.6 Å². The number of carbonyl (C=O) groups excluding carboxylic acids is 1. The molecule has 5 nitrogen and oxygen atoms in total. The van der Waals surface area contributed by atoms with E-state index in [2.05, 4.69) is 0 Å². The van der Waals surface area contributed by atoms with Crippen molar-refractivity contribution in [1.29, 1.82) is 0 Å². The minimum Gasteiger partial charge on any atom is -0.484 e. The molecule has 6 heteroatoms. The molecule has 0 bridgehead atoms. The summed E-state index contributed by atoms with van der Waals surface area (Å²) in [6, 6.07) is 5.75. The summed E-state index contributed by atoms with van der Waals surface area (Å²) in [4.78, 5) is 14.0. The van der Waals surface area contributed by atoms with Gasteiger partial charge in [-0.25, -0.2) is 4.39 Å². The number of halogens is 1. The fraction of sp³-hybridized carbons (Fsp3) is 0.611. The SMILES string of the molecule is CO[C@@]1(C)CC(O)C12CCN(C(=O)COc1cccc(F)c1)CC2. The number of likely N-dealkylation sites (tertiary alicyclic amines) is 1. The molecule has 1 aliphatic heterocycles. The number of nitrogens with zero attached hydrogens (tertiary/aromatic N) is 1. The molecule has 1 amide bonds. The molecule has 2 atom stereocenters. The van der Waals surface area contributed by atoms with Gasteiger partial charge in [0.25, 0.3) is 5.91 Å². The van der Waals surface area contributed by atoms with E-state index in [1.54, 1.807) is 24.1 Å². The fourth-order valence-corrected chi connectivity index (χ4v) is 4.09. The van der Waals surface area contributed by atoms with Gasteiger partial charge in [0.15, 0.2) is 6.61 Å². The van der Waals surface area contributed by atoms with E-state index in [1.165, 1.54) is 12.1 Å². The number of amides is 1. The average Bonchev–Trinajstić information content (AvgIpc) is 2.59. The van der Waals surface area contributed by atoms with Gasteiger partial charge in [-0.1, -0.05) is 6.07 Å². The Morgan fingerprint density at radius 2 is 2.12 bits per heavy atom. The molecular weight excluding hydrogens is 313 g/mol. The lowest BCUT2D eigenvalue weighted by molar-refractivity contribution is -0.261. The highest BCUT2D eigenvalue weighted by molar-refractivity contribution is 5.77. The molecule has 1 saturated carbocycles. The molecule has 1 saturated heterocycles. The smallest absolute Gasteiger partial charge is 0.260 e. The van der Waals surface area contributed by atoms with Gasteiger partial charge in [-0.3, -0.25) is 4.79 Å². The Morgan fingerprint density at radius 1 is 1.42 bits per heavy atom. The first kappa shape index (κ1) is 17.2. The van der Waals surface area contributed by atoms with Crippen molar-refractivity contribution in [3.05, 3.63) is 30.1 Å². The van der Waals surface area contributed by atoms with Gasteiger partial charge in [-0.15, -0.1) is 0 Å². The molecule has 0 aromatic heterocycles. The number of piperidine rings is 1. The average molecular weight is 337 g/mol. The molecule has 1 aromatic rings. The van der Waals surface area contributed by atoms with Crippen LogP contribution in [0, 0.1) is 11.2 Å². The first-order valence-electron chi connectivity index (χ1n) is 8.30. The van der Waals surface area contributed by atoms with Crippen molar-refractivity contribution in [1.82, 2.24) is 4.90 Å². The van der Waals surface area contributed by atoms with Gasteiger partial charge in [0.2, 0.25) is 0 Å². The minimum absolute atomic E-state index is 0.111. The Kier molecular flexibility index (Phi) is 4.53. The number of aliphatic hydroxyl groups excluding tert-OH is 1. The number of rotatable bonds is 4. The van der Waals surface area contributed by atoms with Crippen molar-refractivity contribution in [2.45, 2.75) is 37.9 Å². The third-order valence-corrected chi connectivity index (χ3v) is 5.89.